The molecule has 0 radical (unpaired) electrons. The van der Waals surface area contributed by atoms with Gasteiger partial charge in [0.1, 0.15) is 12.6 Å². The summed E-state index contributed by atoms with van der Waals surface area (Å²) in [6, 6.07) is 10.1. The zero-order valence-corrected chi connectivity index (χ0v) is 22.7. The number of nitrogens with zero attached hydrogens (tertiary/aromatic N) is 2. The van der Waals surface area contributed by atoms with E-state index < -0.39 is 51.7 Å². The van der Waals surface area contributed by atoms with E-state index in [4.69, 9.17) is 0 Å². The zero-order chi connectivity index (χ0) is 28.2. The summed E-state index contributed by atoms with van der Waals surface area (Å²) in [7, 11) is -4.15. The minimum Gasteiger partial charge on any atom is -0.350 e. The van der Waals surface area contributed by atoms with Gasteiger partial charge in [0.05, 0.1) is 17.5 Å². The maximum Gasteiger partial charge on any atom is 0.416 e. The van der Waals surface area contributed by atoms with Crippen LogP contribution < -0.4 is 9.62 Å². The molecule has 1 atom stereocenters. The monoisotopic (exact) mass is 541 g/mol. The summed E-state index contributed by atoms with van der Waals surface area (Å²) < 4.78 is 65.7. The quantitative estimate of drug-likeness (QED) is 0.507. The molecule has 0 aliphatic carbocycles. The first-order chi connectivity index (χ1) is 16.9. The standard InChI is InChI=1S/C26H34F3N3O4S/c1-7-22(24(34)30-25(3,4)5)31(16-19-11-8-10-18(2)14-19)23(33)17-32(37(6,35)36)21-13-9-12-20(15-21)26(27,28)29/h8-15,22H,7,16-17H2,1-6H3,(H,30,34)/t22-/m1/s1. The van der Waals surface area contributed by atoms with Crippen LogP contribution in [0, 0.1) is 6.92 Å². The van der Waals surface area contributed by atoms with Crippen LogP contribution >= 0.6 is 0 Å². The summed E-state index contributed by atoms with van der Waals surface area (Å²) in [4.78, 5) is 28.1. The number of benzene rings is 2. The van der Waals surface area contributed by atoms with E-state index in [1.54, 1.807) is 39.8 Å². The molecule has 0 aromatic heterocycles. The molecule has 37 heavy (non-hydrogen) atoms. The number of halogens is 3. The van der Waals surface area contributed by atoms with Crippen molar-refractivity contribution in [2.75, 3.05) is 17.1 Å². The number of anilines is 1. The highest BCUT2D eigenvalue weighted by atomic mass is 32.2. The number of hydrogen-bond acceptors (Lipinski definition) is 4. The van der Waals surface area contributed by atoms with Gasteiger partial charge in [-0.3, -0.25) is 13.9 Å². The molecule has 0 saturated heterocycles. The van der Waals surface area contributed by atoms with Crippen molar-refractivity contribution in [1.82, 2.24) is 10.2 Å². The molecule has 11 heteroatoms. The van der Waals surface area contributed by atoms with Crippen LogP contribution in [0.4, 0.5) is 18.9 Å². The molecular formula is C26H34F3N3O4S. The summed E-state index contributed by atoms with van der Waals surface area (Å²) in [5.74, 6) is -1.14. The minimum atomic E-state index is -4.70. The van der Waals surface area contributed by atoms with Crippen molar-refractivity contribution in [3.8, 4) is 0 Å². The van der Waals surface area contributed by atoms with Crippen LogP contribution in [0.2, 0.25) is 0 Å². The van der Waals surface area contributed by atoms with E-state index >= 15 is 0 Å². The number of amides is 2. The number of aryl methyl sites for hydroxylation is 1. The largest absolute Gasteiger partial charge is 0.416 e. The normalized spacial score (nSPS) is 13.1. The molecule has 0 saturated carbocycles. The van der Waals surface area contributed by atoms with E-state index in [-0.39, 0.29) is 18.7 Å². The minimum absolute atomic E-state index is 0.0107. The lowest BCUT2D eigenvalue weighted by Crippen LogP contribution is -2.55. The molecule has 2 aromatic rings. The van der Waals surface area contributed by atoms with Crippen molar-refractivity contribution in [1.29, 1.82) is 0 Å². The highest BCUT2D eigenvalue weighted by Gasteiger charge is 2.35. The number of rotatable bonds is 9. The van der Waals surface area contributed by atoms with Gasteiger partial charge >= 0.3 is 6.18 Å². The molecule has 7 nitrogen and oxygen atoms in total. The Morgan fingerprint density at radius 2 is 1.65 bits per heavy atom. The van der Waals surface area contributed by atoms with Crippen LogP contribution in [0.5, 0.6) is 0 Å². The first-order valence-electron chi connectivity index (χ1n) is 11.7. The molecule has 2 rings (SSSR count). The molecule has 1 N–H and O–H groups in total. The van der Waals surface area contributed by atoms with E-state index in [0.29, 0.717) is 10.4 Å². The predicted octanol–water partition coefficient (Wildman–Crippen LogP) is 4.50. The number of carbonyl (C=O) groups is 2. The van der Waals surface area contributed by atoms with Gasteiger partial charge in [-0.25, -0.2) is 8.42 Å². The number of hydrogen-bond donors (Lipinski definition) is 1. The number of sulfonamides is 1. The van der Waals surface area contributed by atoms with Crippen LogP contribution in [-0.2, 0) is 32.3 Å². The van der Waals surface area contributed by atoms with Gasteiger partial charge in [-0.2, -0.15) is 13.2 Å². The highest BCUT2D eigenvalue weighted by molar-refractivity contribution is 7.92. The van der Waals surface area contributed by atoms with E-state index in [1.165, 1.54) is 11.0 Å². The van der Waals surface area contributed by atoms with E-state index in [0.717, 1.165) is 29.5 Å². The van der Waals surface area contributed by atoms with Crippen LogP contribution in [0.15, 0.2) is 48.5 Å². The van der Waals surface area contributed by atoms with Crippen LogP contribution in [0.25, 0.3) is 0 Å². The Morgan fingerprint density at radius 3 is 2.16 bits per heavy atom. The molecule has 2 aromatic carbocycles. The Kier molecular flexibility index (Phi) is 9.40. The zero-order valence-electron chi connectivity index (χ0n) is 21.9. The second-order valence-corrected chi connectivity index (χ2v) is 11.9. The summed E-state index contributed by atoms with van der Waals surface area (Å²) >= 11 is 0. The van der Waals surface area contributed by atoms with Crippen LogP contribution in [0.3, 0.4) is 0 Å². The van der Waals surface area contributed by atoms with Gasteiger partial charge in [-0.05, 0) is 57.9 Å². The molecule has 2 amide bonds. The maximum atomic E-state index is 13.6. The summed E-state index contributed by atoms with van der Waals surface area (Å²) in [6.07, 6.45) is -3.64. The lowest BCUT2D eigenvalue weighted by atomic mass is 10.0. The predicted molar refractivity (Wildman–Crippen MR) is 137 cm³/mol. The fraction of sp³-hybridized carbons (Fsp3) is 0.462. The first kappa shape index (κ1) is 30.1. The molecule has 204 valence electrons. The number of nitrogens with one attached hydrogen (secondary N) is 1. The third kappa shape index (κ3) is 8.77. The molecular weight excluding hydrogens is 507 g/mol. The van der Waals surface area contributed by atoms with Crippen molar-refractivity contribution in [2.45, 2.75) is 65.3 Å². The van der Waals surface area contributed by atoms with Gasteiger partial charge in [0.15, 0.2) is 0 Å². The summed E-state index contributed by atoms with van der Waals surface area (Å²) in [5, 5.41) is 2.85. The van der Waals surface area contributed by atoms with Crippen molar-refractivity contribution < 1.29 is 31.2 Å². The topological polar surface area (TPSA) is 86.8 Å². The smallest absolute Gasteiger partial charge is 0.350 e. The van der Waals surface area contributed by atoms with E-state index in [9.17, 15) is 31.2 Å². The Morgan fingerprint density at radius 1 is 1.03 bits per heavy atom. The SMILES string of the molecule is CC[C@H](C(=O)NC(C)(C)C)N(Cc1cccc(C)c1)C(=O)CN(c1cccc(C(F)(F)F)c1)S(C)(=O)=O. The van der Waals surface area contributed by atoms with E-state index in [1.807, 2.05) is 19.1 Å². The van der Waals surface area contributed by atoms with Gasteiger partial charge in [0.2, 0.25) is 21.8 Å². The average molecular weight is 542 g/mol. The second kappa shape index (κ2) is 11.5. The van der Waals surface area contributed by atoms with Gasteiger partial charge in [0, 0.05) is 12.1 Å². The van der Waals surface area contributed by atoms with Crippen LogP contribution in [0.1, 0.15) is 50.8 Å². The molecule has 0 spiro atoms. The third-order valence-electron chi connectivity index (χ3n) is 5.46. The Hall–Kier alpha value is -3.08. The Labute approximate surface area is 216 Å². The molecule has 0 aliphatic heterocycles. The van der Waals surface area contributed by atoms with Gasteiger partial charge < -0.3 is 10.2 Å². The summed E-state index contributed by atoms with van der Waals surface area (Å²) in [5.41, 5.74) is -0.273. The number of carbonyl (C=O) groups excluding carboxylic acids is 2. The number of alkyl halides is 3. The molecule has 0 aliphatic rings. The maximum absolute atomic E-state index is 13.6. The molecule has 0 bridgehead atoms. The average Bonchev–Trinajstić information content (AvgIpc) is 2.74. The van der Waals surface area contributed by atoms with Gasteiger partial charge in [0.25, 0.3) is 0 Å². The fourth-order valence-corrected chi connectivity index (χ4v) is 4.67. The van der Waals surface area contributed by atoms with Crippen molar-refractivity contribution in [3.63, 3.8) is 0 Å². The molecule has 0 fully saturated rings. The second-order valence-electron chi connectivity index (χ2n) is 9.99. The molecule has 0 unspecified atom stereocenters. The first-order valence-corrected chi connectivity index (χ1v) is 13.6. The van der Waals surface area contributed by atoms with Crippen molar-refractivity contribution in [3.05, 3.63) is 65.2 Å². The van der Waals surface area contributed by atoms with Crippen LogP contribution in [-0.4, -0.2) is 49.5 Å². The lowest BCUT2D eigenvalue weighted by molar-refractivity contribution is -0.141. The van der Waals surface area contributed by atoms with Crippen molar-refractivity contribution >= 4 is 27.5 Å². The Balaban J connectivity index is 2.51. The van der Waals surface area contributed by atoms with Gasteiger partial charge in [-0.15, -0.1) is 0 Å². The summed E-state index contributed by atoms with van der Waals surface area (Å²) in [6.45, 7) is 8.22. The molecule has 0 heterocycles. The lowest BCUT2D eigenvalue weighted by Gasteiger charge is -2.34. The fourth-order valence-electron chi connectivity index (χ4n) is 3.83. The van der Waals surface area contributed by atoms with Crippen molar-refractivity contribution in [2.24, 2.45) is 0 Å². The third-order valence-corrected chi connectivity index (χ3v) is 6.60. The van der Waals surface area contributed by atoms with E-state index in [2.05, 4.69) is 5.32 Å². The Bertz CT molecular complexity index is 1220. The van der Waals surface area contributed by atoms with Gasteiger partial charge in [-0.1, -0.05) is 42.8 Å². The highest BCUT2D eigenvalue weighted by Crippen LogP contribution is 2.32.